The molecule has 0 heterocycles. The van der Waals surface area contributed by atoms with Crippen molar-refractivity contribution in [2.24, 2.45) is 0 Å². The third kappa shape index (κ3) is 2.90. The number of aromatic hydroxyl groups is 1. The van der Waals surface area contributed by atoms with Crippen molar-refractivity contribution >= 4 is 11.6 Å². The molecule has 0 saturated heterocycles. The molecule has 0 spiro atoms. The molecule has 0 amide bonds. The van der Waals surface area contributed by atoms with Gasteiger partial charge in [-0.3, -0.25) is 9.59 Å². The number of benzene rings is 2. The molecule has 0 unspecified atom stereocenters. The number of phenols is 1. The first-order valence-electron chi connectivity index (χ1n) is 8.02. The number of rotatable bonds is 6. The third-order valence-electron chi connectivity index (χ3n) is 4.00. The zero-order valence-electron chi connectivity index (χ0n) is 13.5. The topological polar surface area (TPSA) is 75.6 Å². The Morgan fingerprint density at radius 3 is 2.46 bits per heavy atom. The van der Waals surface area contributed by atoms with Crippen LogP contribution in [-0.4, -0.2) is 36.4 Å². The van der Waals surface area contributed by atoms with Gasteiger partial charge in [-0.1, -0.05) is 31.2 Å². The minimum absolute atomic E-state index is 0.0544. The van der Waals surface area contributed by atoms with Crippen molar-refractivity contribution in [3.05, 3.63) is 58.7 Å². The summed E-state index contributed by atoms with van der Waals surface area (Å²) < 4.78 is 5.61. The highest BCUT2D eigenvalue weighted by atomic mass is 16.5. The van der Waals surface area contributed by atoms with Crippen LogP contribution in [0.25, 0.3) is 0 Å². The summed E-state index contributed by atoms with van der Waals surface area (Å²) in [4.78, 5) is 25.2. The Hall–Kier alpha value is -2.66. The second-order valence-corrected chi connectivity index (χ2v) is 5.62. The van der Waals surface area contributed by atoms with Gasteiger partial charge in [0.1, 0.15) is 11.5 Å². The number of hydrogen-bond donors (Lipinski definition) is 2. The molecule has 3 rings (SSSR count). The first kappa shape index (κ1) is 16.2. The molecule has 5 heteroatoms. The van der Waals surface area contributed by atoms with Gasteiger partial charge in [0, 0.05) is 22.8 Å². The molecule has 2 aromatic carbocycles. The number of ether oxygens (including phenoxy) is 1. The molecule has 1 aliphatic rings. The van der Waals surface area contributed by atoms with Gasteiger partial charge in [-0.2, -0.15) is 0 Å². The maximum atomic E-state index is 12.6. The van der Waals surface area contributed by atoms with Gasteiger partial charge in [-0.15, -0.1) is 0 Å². The van der Waals surface area contributed by atoms with Gasteiger partial charge in [0.2, 0.25) is 0 Å². The van der Waals surface area contributed by atoms with E-state index in [0.717, 1.165) is 19.5 Å². The number of ketones is 2. The predicted molar refractivity (Wildman–Crippen MR) is 90.1 cm³/mol. The van der Waals surface area contributed by atoms with Gasteiger partial charge in [0.15, 0.2) is 11.6 Å². The summed E-state index contributed by atoms with van der Waals surface area (Å²) in [6.45, 7) is 4.22. The van der Waals surface area contributed by atoms with Crippen LogP contribution in [-0.2, 0) is 0 Å². The van der Waals surface area contributed by atoms with Crippen LogP contribution in [0.5, 0.6) is 11.5 Å². The summed E-state index contributed by atoms with van der Waals surface area (Å²) in [5, 5.41) is 13.4. The third-order valence-corrected chi connectivity index (χ3v) is 4.00. The van der Waals surface area contributed by atoms with E-state index in [-0.39, 0.29) is 28.4 Å². The number of nitrogens with one attached hydrogen (secondary N) is 1. The van der Waals surface area contributed by atoms with Gasteiger partial charge in [-0.05, 0) is 25.6 Å². The smallest absolute Gasteiger partial charge is 0.198 e. The lowest BCUT2D eigenvalue weighted by Gasteiger charge is -2.19. The Bertz CT molecular complexity index is 798. The molecule has 0 saturated carbocycles. The lowest BCUT2D eigenvalue weighted by molar-refractivity contribution is 0.0976. The Labute approximate surface area is 140 Å². The molecule has 2 aromatic rings. The number of phenolic OH excluding ortho intramolecular Hbond substituents is 1. The van der Waals surface area contributed by atoms with Crippen molar-refractivity contribution < 1.29 is 19.4 Å². The van der Waals surface area contributed by atoms with E-state index in [1.54, 1.807) is 30.3 Å². The predicted octanol–water partition coefficient (Wildman–Crippen LogP) is 2.55. The van der Waals surface area contributed by atoms with Crippen LogP contribution in [0.15, 0.2) is 36.4 Å². The summed E-state index contributed by atoms with van der Waals surface area (Å²) in [5.41, 5.74) is 0.933. The fraction of sp³-hybridized carbons (Fsp3) is 0.263. The second-order valence-electron chi connectivity index (χ2n) is 5.62. The largest absolute Gasteiger partial charge is 0.507 e. The number of carbonyl (C=O) groups excluding carboxylic acids is 2. The zero-order valence-corrected chi connectivity index (χ0v) is 13.5. The van der Waals surface area contributed by atoms with Crippen LogP contribution in [0.3, 0.4) is 0 Å². The van der Waals surface area contributed by atoms with Crippen molar-refractivity contribution in [3.63, 3.8) is 0 Å². The van der Waals surface area contributed by atoms with E-state index in [2.05, 4.69) is 5.32 Å². The zero-order chi connectivity index (χ0) is 17.1. The lowest BCUT2D eigenvalue weighted by atomic mass is 9.83. The number of hydrogen-bond acceptors (Lipinski definition) is 5. The van der Waals surface area contributed by atoms with Crippen molar-refractivity contribution in [2.75, 3.05) is 19.7 Å². The molecule has 0 radical (unpaired) electrons. The van der Waals surface area contributed by atoms with Crippen LogP contribution in [0.2, 0.25) is 0 Å². The minimum Gasteiger partial charge on any atom is -0.507 e. The quantitative estimate of drug-likeness (QED) is 0.681. The minimum atomic E-state index is -0.337. The first-order chi connectivity index (χ1) is 11.6. The van der Waals surface area contributed by atoms with Crippen LogP contribution < -0.4 is 10.1 Å². The summed E-state index contributed by atoms with van der Waals surface area (Å²) in [5.74, 6) is -0.435. The molecule has 0 fully saturated rings. The summed E-state index contributed by atoms with van der Waals surface area (Å²) >= 11 is 0. The van der Waals surface area contributed by atoms with E-state index in [0.29, 0.717) is 23.5 Å². The SMILES string of the molecule is CCNCCCOc1cc(O)c2c(c1)C(=O)c1ccccc1C2=O. The molecule has 24 heavy (non-hydrogen) atoms. The van der Waals surface area contributed by atoms with Crippen molar-refractivity contribution in [1.82, 2.24) is 5.32 Å². The Balaban J connectivity index is 1.88. The second kappa shape index (κ2) is 6.84. The van der Waals surface area contributed by atoms with Crippen LogP contribution in [0, 0.1) is 0 Å². The van der Waals surface area contributed by atoms with Gasteiger partial charge < -0.3 is 15.2 Å². The van der Waals surface area contributed by atoms with E-state index < -0.39 is 0 Å². The standard InChI is InChI=1S/C19H19NO4/c1-2-20-8-5-9-24-12-10-15-17(16(21)11-12)19(23)14-7-4-3-6-13(14)18(15)22/h3-4,6-7,10-11,20-21H,2,5,8-9H2,1H3. The van der Waals surface area contributed by atoms with Crippen molar-refractivity contribution in [2.45, 2.75) is 13.3 Å². The van der Waals surface area contributed by atoms with E-state index in [9.17, 15) is 14.7 Å². The molecular formula is C19H19NO4. The fourth-order valence-corrected chi connectivity index (χ4v) is 2.82. The Morgan fingerprint density at radius 1 is 1.04 bits per heavy atom. The van der Waals surface area contributed by atoms with E-state index >= 15 is 0 Å². The molecule has 0 aromatic heterocycles. The number of fused-ring (bicyclic) bond motifs is 2. The fourth-order valence-electron chi connectivity index (χ4n) is 2.82. The van der Waals surface area contributed by atoms with Crippen molar-refractivity contribution in [1.29, 1.82) is 0 Å². The monoisotopic (exact) mass is 325 g/mol. The summed E-state index contributed by atoms with van der Waals surface area (Å²) in [7, 11) is 0. The van der Waals surface area contributed by atoms with Crippen LogP contribution in [0.4, 0.5) is 0 Å². The molecule has 1 aliphatic carbocycles. The molecular weight excluding hydrogens is 306 g/mol. The maximum absolute atomic E-state index is 12.6. The average Bonchev–Trinajstić information content (AvgIpc) is 2.59. The highest BCUT2D eigenvalue weighted by molar-refractivity contribution is 6.29. The molecule has 0 bridgehead atoms. The molecule has 0 aliphatic heterocycles. The van der Waals surface area contributed by atoms with Gasteiger partial charge >= 0.3 is 0 Å². The van der Waals surface area contributed by atoms with Crippen LogP contribution >= 0.6 is 0 Å². The van der Waals surface area contributed by atoms with E-state index in [1.165, 1.54) is 6.07 Å². The van der Waals surface area contributed by atoms with Crippen LogP contribution in [0.1, 0.15) is 45.2 Å². The van der Waals surface area contributed by atoms with Gasteiger partial charge in [0.05, 0.1) is 12.2 Å². The Kier molecular flexibility index (Phi) is 4.62. The molecule has 0 atom stereocenters. The molecule has 124 valence electrons. The van der Waals surface area contributed by atoms with E-state index in [4.69, 9.17) is 4.74 Å². The normalized spacial score (nSPS) is 12.7. The highest BCUT2D eigenvalue weighted by Crippen LogP contribution is 2.35. The van der Waals surface area contributed by atoms with Gasteiger partial charge in [-0.25, -0.2) is 0 Å². The van der Waals surface area contributed by atoms with E-state index in [1.807, 2.05) is 6.92 Å². The maximum Gasteiger partial charge on any atom is 0.198 e. The van der Waals surface area contributed by atoms with Gasteiger partial charge in [0.25, 0.3) is 0 Å². The highest BCUT2D eigenvalue weighted by Gasteiger charge is 2.32. The van der Waals surface area contributed by atoms with Crippen molar-refractivity contribution in [3.8, 4) is 11.5 Å². The Morgan fingerprint density at radius 2 is 1.75 bits per heavy atom. The average molecular weight is 325 g/mol. The molecule has 5 nitrogen and oxygen atoms in total. The summed E-state index contributed by atoms with van der Waals surface area (Å²) in [6.07, 6.45) is 0.807. The lowest BCUT2D eigenvalue weighted by Crippen LogP contribution is -2.21. The molecule has 2 N–H and O–H groups in total. The summed E-state index contributed by atoms with van der Waals surface area (Å²) in [6, 6.07) is 9.58. The first-order valence-corrected chi connectivity index (χ1v) is 8.02. The number of carbonyl (C=O) groups is 2.